The van der Waals surface area contributed by atoms with Gasteiger partial charge in [0.15, 0.2) is 0 Å². The SMILES string of the molecule is CC(NC(=O)/C=C/c1ccccc1)C(=O)NCCCSc1ccc(F)cc1. The zero-order chi connectivity index (χ0) is 19.5. The van der Waals surface area contributed by atoms with Crippen LogP contribution in [0.3, 0.4) is 0 Å². The van der Waals surface area contributed by atoms with Crippen LogP contribution < -0.4 is 10.6 Å². The van der Waals surface area contributed by atoms with Crippen LogP contribution in [0, 0.1) is 5.82 Å². The van der Waals surface area contributed by atoms with Gasteiger partial charge in [0.1, 0.15) is 11.9 Å². The van der Waals surface area contributed by atoms with Crippen LogP contribution in [0.5, 0.6) is 0 Å². The number of halogens is 1. The Morgan fingerprint density at radius 2 is 1.81 bits per heavy atom. The number of carbonyl (C=O) groups is 2. The number of nitrogens with one attached hydrogen (secondary N) is 2. The average molecular weight is 386 g/mol. The molecule has 2 aromatic carbocycles. The molecule has 0 aliphatic rings. The summed E-state index contributed by atoms with van der Waals surface area (Å²) < 4.78 is 12.8. The molecule has 0 heterocycles. The van der Waals surface area contributed by atoms with E-state index >= 15 is 0 Å². The van der Waals surface area contributed by atoms with Gasteiger partial charge < -0.3 is 10.6 Å². The number of hydrogen-bond acceptors (Lipinski definition) is 3. The molecule has 0 fully saturated rings. The number of benzene rings is 2. The lowest BCUT2D eigenvalue weighted by atomic mass is 10.2. The molecule has 0 aliphatic heterocycles. The number of amides is 2. The third-order valence-corrected chi connectivity index (χ3v) is 4.78. The summed E-state index contributed by atoms with van der Waals surface area (Å²) in [5.41, 5.74) is 0.920. The Kier molecular flexibility index (Phi) is 8.58. The molecule has 2 aromatic rings. The van der Waals surface area contributed by atoms with Gasteiger partial charge in [0.05, 0.1) is 0 Å². The summed E-state index contributed by atoms with van der Waals surface area (Å²) in [7, 11) is 0. The molecule has 0 spiro atoms. The molecule has 0 saturated heterocycles. The molecule has 4 nitrogen and oxygen atoms in total. The van der Waals surface area contributed by atoms with E-state index in [-0.39, 0.29) is 17.6 Å². The van der Waals surface area contributed by atoms with Crippen molar-refractivity contribution in [3.63, 3.8) is 0 Å². The number of rotatable bonds is 9. The molecule has 2 rings (SSSR count). The maximum atomic E-state index is 12.8. The third-order valence-electron chi connectivity index (χ3n) is 3.68. The van der Waals surface area contributed by atoms with E-state index in [4.69, 9.17) is 0 Å². The summed E-state index contributed by atoms with van der Waals surface area (Å²) in [6, 6.07) is 15.2. The van der Waals surface area contributed by atoms with Crippen LogP contribution in [0.4, 0.5) is 4.39 Å². The number of thioether (sulfide) groups is 1. The minimum Gasteiger partial charge on any atom is -0.354 e. The monoisotopic (exact) mass is 386 g/mol. The van der Waals surface area contributed by atoms with E-state index in [0.29, 0.717) is 6.54 Å². The second-order valence-electron chi connectivity index (χ2n) is 5.92. The van der Waals surface area contributed by atoms with Gasteiger partial charge in [-0.15, -0.1) is 11.8 Å². The van der Waals surface area contributed by atoms with Crippen molar-refractivity contribution in [3.8, 4) is 0 Å². The van der Waals surface area contributed by atoms with Crippen molar-refractivity contribution in [1.82, 2.24) is 10.6 Å². The number of hydrogen-bond donors (Lipinski definition) is 2. The topological polar surface area (TPSA) is 58.2 Å². The van der Waals surface area contributed by atoms with Crippen LogP contribution >= 0.6 is 11.8 Å². The minimum atomic E-state index is -0.609. The summed E-state index contributed by atoms with van der Waals surface area (Å²) in [6.45, 7) is 2.17. The first-order chi connectivity index (χ1) is 13.0. The number of carbonyl (C=O) groups excluding carboxylic acids is 2. The van der Waals surface area contributed by atoms with Crippen LogP contribution in [0.2, 0.25) is 0 Å². The zero-order valence-electron chi connectivity index (χ0n) is 15.2. The Morgan fingerprint density at radius 1 is 1.11 bits per heavy atom. The van der Waals surface area contributed by atoms with Crippen molar-refractivity contribution in [3.05, 3.63) is 72.1 Å². The molecular formula is C21H23FN2O2S. The summed E-state index contributed by atoms with van der Waals surface area (Å²) in [6.07, 6.45) is 3.90. The van der Waals surface area contributed by atoms with Gasteiger partial charge >= 0.3 is 0 Å². The summed E-state index contributed by atoms with van der Waals surface area (Å²) >= 11 is 1.61. The first kappa shape index (κ1) is 20.7. The maximum Gasteiger partial charge on any atom is 0.244 e. The molecule has 1 atom stereocenters. The van der Waals surface area contributed by atoms with E-state index in [2.05, 4.69) is 10.6 Å². The molecule has 0 bridgehead atoms. The molecule has 1 unspecified atom stereocenters. The Morgan fingerprint density at radius 3 is 2.52 bits per heavy atom. The van der Waals surface area contributed by atoms with Crippen LogP contribution in [-0.4, -0.2) is 30.2 Å². The van der Waals surface area contributed by atoms with E-state index in [1.165, 1.54) is 18.2 Å². The molecule has 0 saturated carbocycles. The minimum absolute atomic E-state index is 0.219. The summed E-state index contributed by atoms with van der Waals surface area (Å²) in [5.74, 6) is 0.0322. The van der Waals surface area contributed by atoms with Gasteiger partial charge in [-0.1, -0.05) is 30.3 Å². The van der Waals surface area contributed by atoms with Crippen molar-refractivity contribution in [2.24, 2.45) is 0 Å². The first-order valence-corrected chi connectivity index (χ1v) is 9.73. The lowest BCUT2D eigenvalue weighted by Crippen LogP contribution is -2.44. The summed E-state index contributed by atoms with van der Waals surface area (Å²) in [5, 5.41) is 5.45. The van der Waals surface area contributed by atoms with Crippen molar-refractivity contribution < 1.29 is 14.0 Å². The fourth-order valence-electron chi connectivity index (χ4n) is 2.22. The second-order valence-corrected chi connectivity index (χ2v) is 7.09. The van der Waals surface area contributed by atoms with Crippen LogP contribution in [0.15, 0.2) is 65.6 Å². The smallest absolute Gasteiger partial charge is 0.244 e. The average Bonchev–Trinajstić information content (AvgIpc) is 2.68. The van der Waals surface area contributed by atoms with Gasteiger partial charge in [0, 0.05) is 17.5 Å². The van der Waals surface area contributed by atoms with Crippen molar-refractivity contribution in [1.29, 1.82) is 0 Å². The van der Waals surface area contributed by atoms with Crippen molar-refractivity contribution in [2.75, 3.05) is 12.3 Å². The molecule has 0 aliphatic carbocycles. The quantitative estimate of drug-likeness (QED) is 0.393. The first-order valence-electron chi connectivity index (χ1n) is 8.74. The molecule has 142 valence electrons. The standard InChI is InChI=1S/C21H23FN2O2S/c1-16(24-20(25)13-8-17-6-3-2-4-7-17)21(26)23-14-5-15-27-19-11-9-18(22)10-12-19/h2-4,6-13,16H,5,14-15H2,1H3,(H,23,26)(H,24,25)/b13-8+. The van der Waals surface area contributed by atoms with Gasteiger partial charge in [-0.2, -0.15) is 0 Å². The van der Waals surface area contributed by atoms with Crippen LogP contribution in [-0.2, 0) is 9.59 Å². The van der Waals surface area contributed by atoms with Crippen molar-refractivity contribution >= 4 is 29.7 Å². The third kappa shape index (κ3) is 8.09. The molecule has 0 radical (unpaired) electrons. The highest BCUT2D eigenvalue weighted by Crippen LogP contribution is 2.18. The second kappa shape index (κ2) is 11.2. The van der Waals surface area contributed by atoms with Gasteiger partial charge in [-0.25, -0.2) is 4.39 Å². The van der Waals surface area contributed by atoms with Gasteiger partial charge in [0.25, 0.3) is 0 Å². The van der Waals surface area contributed by atoms with E-state index < -0.39 is 6.04 Å². The van der Waals surface area contributed by atoms with E-state index in [1.54, 1.807) is 36.9 Å². The Hall–Kier alpha value is -2.60. The Bertz CT molecular complexity index is 764. The van der Waals surface area contributed by atoms with Crippen LogP contribution in [0.25, 0.3) is 6.08 Å². The predicted octanol–water partition coefficient (Wildman–Crippen LogP) is 3.64. The highest BCUT2D eigenvalue weighted by atomic mass is 32.2. The molecule has 0 aromatic heterocycles. The lowest BCUT2D eigenvalue weighted by Gasteiger charge is -2.13. The van der Waals surface area contributed by atoms with E-state index in [1.807, 2.05) is 30.3 Å². The molecule has 2 N–H and O–H groups in total. The highest BCUT2D eigenvalue weighted by Gasteiger charge is 2.13. The zero-order valence-corrected chi connectivity index (χ0v) is 16.0. The normalized spacial score (nSPS) is 11.9. The van der Waals surface area contributed by atoms with Gasteiger partial charge in [-0.05, 0) is 55.0 Å². The molecule has 2 amide bonds. The predicted molar refractivity (Wildman–Crippen MR) is 108 cm³/mol. The maximum absolute atomic E-state index is 12.8. The largest absolute Gasteiger partial charge is 0.354 e. The van der Waals surface area contributed by atoms with Crippen LogP contribution in [0.1, 0.15) is 18.9 Å². The highest BCUT2D eigenvalue weighted by molar-refractivity contribution is 7.99. The van der Waals surface area contributed by atoms with Gasteiger partial charge in [-0.3, -0.25) is 9.59 Å². The molecule has 6 heteroatoms. The molecule has 27 heavy (non-hydrogen) atoms. The van der Waals surface area contributed by atoms with Crippen molar-refractivity contribution in [2.45, 2.75) is 24.3 Å². The fourth-order valence-corrected chi connectivity index (χ4v) is 3.07. The Balaban J connectivity index is 1.62. The van der Waals surface area contributed by atoms with E-state index in [0.717, 1.165) is 22.6 Å². The lowest BCUT2D eigenvalue weighted by molar-refractivity contribution is -0.126. The fraction of sp³-hybridized carbons (Fsp3) is 0.238. The molecular weight excluding hydrogens is 363 g/mol. The Labute approximate surface area is 163 Å². The summed E-state index contributed by atoms with van der Waals surface area (Å²) in [4.78, 5) is 24.9. The van der Waals surface area contributed by atoms with Gasteiger partial charge in [0.2, 0.25) is 11.8 Å². The van der Waals surface area contributed by atoms with E-state index in [9.17, 15) is 14.0 Å².